The number of hydrogen-bond donors (Lipinski definition) is 0. The Bertz CT molecular complexity index is 635. The van der Waals surface area contributed by atoms with Crippen LogP contribution in [0.15, 0.2) is 46.2 Å². The fourth-order valence-corrected chi connectivity index (χ4v) is 2.80. The van der Waals surface area contributed by atoms with Crippen molar-refractivity contribution >= 4 is 46.6 Å². The summed E-state index contributed by atoms with van der Waals surface area (Å²) in [5, 5.41) is 10.6. The van der Waals surface area contributed by atoms with Gasteiger partial charge in [0.1, 0.15) is 6.07 Å². The van der Waals surface area contributed by atoms with Crippen molar-refractivity contribution in [2.24, 2.45) is 0 Å². The second-order valence-corrected chi connectivity index (χ2v) is 5.80. The van der Waals surface area contributed by atoms with E-state index in [-0.39, 0.29) is 0 Å². The molecule has 0 saturated heterocycles. The van der Waals surface area contributed by atoms with Gasteiger partial charge in [-0.1, -0.05) is 46.6 Å². The maximum Gasteiger partial charge on any atom is 0.100 e. The van der Waals surface area contributed by atoms with Crippen molar-refractivity contribution < 1.29 is 0 Å². The molecule has 2 rings (SSSR count). The highest BCUT2D eigenvalue weighted by Gasteiger charge is 2.06. The molecule has 0 aliphatic rings. The predicted octanol–water partition coefficient (Wildman–Crippen LogP) is 5.67. The lowest BCUT2D eigenvalue weighted by atomic mass is 10.2. The lowest BCUT2D eigenvalue weighted by Gasteiger charge is -2.05. The Morgan fingerprint density at radius 3 is 2.39 bits per heavy atom. The standard InChI is InChI=1S/C13H6Cl3NS/c14-9-1-4-13(8(5-9)7-17)18-10-2-3-11(15)12(16)6-10/h1-6H. The van der Waals surface area contributed by atoms with Gasteiger partial charge in [-0.2, -0.15) is 5.26 Å². The lowest BCUT2D eigenvalue weighted by Crippen LogP contribution is -1.81. The molecule has 0 aliphatic carbocycles. The normalized spacial score (nSPS) is 10.1. The zero-order chi connectivity index (χ0) is 13.1. The van der Waals surface area contributed by atoms with Crippen molar-refractivity contribution in [1.82, 2.24) is 0 Å². The molecule has 0 N–H and O–H groups in total. The van der Waals surface area contributed by atoms with E-state index in [0.29, 0.717) is 20.6 Å². The number of nitriles is 1. The Balaban J connectivity index is 2.34. The van der Waals surface area contributed by atoms with Gasteiger partial charge < -0.3 is 0 Å². The molecule has 18 heavy (non-hydrogen) atoms. The fraction of sp³-hybridized carbons (Fsp3) is 0. The summed E-state index contributed by atoms with van der Waals surface area (Å²) < 4.78 is 0. The third-order valence-electron chi connectivity index (χ3n) is 2.18. The van der Waals surface area contributed by atoms with Gasteiger partial charge in [0.05, 0.1) is 15.6 Å². The molecule has 0 saturated carbocycles. The summed E-state index contributed by atoms with van der Waals surface area (Å²) in [6, 6.07) is 12.7. The second kappa shape index (κ2) is 5.86. The average molecular weight is 315 g/mol. The molecule has 0 heterocycles. The SMILES string of the molecule is N#Cc1cc(Cl)ccc1Sc1ccc(Cl)c(Cl)c1. The molecule has 0 amide bonds. The van der Waals surface area contributed by atoms with Gasteiger partial charge in [0.15, 0.2) is 0 Å². The Morgan fingerprint density at radius 2 is 1.72 bits per heavy atom. The first-order chi connectivity index (χ1) is 8.60. The largest absolute Gasteiger partial charge is 0.192 e. The van der Waals surface area contributed by atoms with E-state index in [1.165, 1.54) is 11.8 Å². The maximum atomic E-state index is 9.05. The zero-order valence-corrected chi connectivity index (χ0v) is 12.0. The van der Waals surface area contributed by atoms with Gasteiger partial charge in [0, 0.05) is 14.8 Å². The zero-order valence-electron chi connectivity index (χ0n) is 8.95. The van der Waals surface area contributed by atoms with E-state index in [2.05, 4.69) is 6.07 Å². The molecule has 2 aromatic carbocycles. The minimum Gasteiger partial charge on any atom is -0.192 e. The van der Waals surface area contributed by atoms with Gasteiger partial charge in [0.2, 0.25) is 0 Å². The minimum absolute atomic E-state index is 0.495. The van der Waals surface area contributed by atoms with Crippen LogP contribution in [-0.4, -0.2) is 0 Å². The van der Waals surface area contributed by atoms with Crippen molar-refractivity contribution in [2.75, 3.05) is 0 Å². The monoisotopic (exact) mass is 313 g/mol. The molecule has 0 radical (unpaired) electrons. The summed E-state index contributed by atoms with van der Waals surface area (Å²) in [5.41, 5.74) is 0.540. The van der Waals surface area contributed by atoms with Crippen LogP contribution in [0.1, 0.15) is 5.56 Å². The molecule has 1 nitrogen and oxygen atoms in total. The predicted molar refractivity (Wildman–Crippen MR) is 76.8 cm³/mol. The molecule has 0 fully saturated rings. The van der Waals surface area contributed by atoms with Gasteiger partial charge in [-0.3, -0.25) is 0 Å². The van der Waals surface area contributed by atoms with E-state index in [9.17, 15) is 0 Å². The molecule has 0 aromatic heterocycles. The highest BCUT2D eigenvalue weighted by Crippen LogP contribution is 2.34. The molecule has 0 aliphatic heterocycles. The number of rotatable bonds is 2. The van der Waals surface area contributed by atoms with Crippen LogP contribution in [0, 0.1) is 11.3 Å². The van der Waals surface area contributed by atoms with Crippen LogP contribution in [0.2, 0.25) is 15.1 Å². The third kappa shape index (κ3) is 3.13. The molecule has 2 aromatic rings. The fourth-order valence-electron chi connectivity index (χ4n) is 1.35. The van der Waals surface area contributed by atoms with Gasteiger partial charge in [-0.15, -0.1) is 0 Å². The molecular formula is C13H6Cl3NS. The highest BCUT2D eigenvalue weighted by molar-refractivity contribution is 7.99. The Morgan fingerprint density at radius 1 is 0.944 bits per heavy atom. The number of benzene rings is 2. The maximum absolute atomic E-state index is 9.05. The van der Waals surface area contributed by atoms with Gasteiger partial charge in [-0.25, -0.2) is 0 Å². The average Bonchev–Trinajstić information content (AvgIpc) is 2.36. The first kappa shape index (κ1) is 13.6. The number of nitrogens with zero attached hydrogens (tertiary/aromatic N) is 1. The van der Waals surface area contributed by atoms with Crippen LogP contribution >= 0.6 is 46.6 Å². The number of halogens is 3. The number of hydrogen-bond acceptors (Lipinski definition) is 2. The van der Waals surface area contributed by atoms with Crippen LogP contribution in [0.4, 0.5) is 0 Å². The van der Waals surface area contributed by atoms with Crippen molar-refractivity contribution in [3.05, 3.63) is 57.0 Å². The minimum atomic E-state index is 0.495. The summed E-state index contributed by atoms with van der Waals surface area (Å²) in [6.45, 7) is 0. The topological polar surface area (TPSA) is 23.8 Å². The van der Waals surface area contributed by atoms with E-state index in [1.807, 2.05) is 12.1 Å². The quantitative estimate of drug-likeness (QED) is 0.713. The first-order valence-electron chi connectivity index (χ1n) is 4.92. The first-order valence-corrected chi connectivity index (χ1v) is 6.88. The summed E-state index contributed by atoms with van der Waals surface area (Å²) in [5.74, 6) is 0. The van der Waals surface area contributed by atoms with Crippen LogP contribution in [0.5, 0.6) is 0 Å². The molecular weight excluding hydrogens is 309 g/mol. The van der Waals surface area contributed by atoms with Crippen molar-refractivity contribution in [3.8, 4) is 6.07 Å². The van der Waals surface area contributed by atoms with E-state index < -0.39 is 0 Å². The molecule has 0 spiro atoms. The Labute approximate surface area is 124 Å². The molecule has 0 bridgehead atoms. The summed E-state index contributed by atoms with van der Waals surface area (Å²) in [7, 11) is 0. The second-order valence-electron chi connectivity index (χ2n) is 3.43. The van der Waals surface area contributed by atoms with Crippen molar-refractivity contribution in [1.29, 1.82) is 5.26 Å². The van der Waals surface area contributed by atoms with Crippen LogP contribution in [0.3, 0.4) is 0 Å². The van der Waals surface area contributed by atoms with Gasteiger partial charge >= 0.3 is 0 Å². The summed E-state index contributed by atoms with van der Waals surface area (Å²) in [6.07, 6.45) is 0. The lowest BCUT2D eigenvalue weighted by molar-refractivity contribution is 1.35. The molecule has 90 valence electrons. The molecule has 0 atom stereocenters. The van der Waals surface area contributed by atoms with Gasteiger partial charge in [0.25, 0.3) is 0 Å². The van der Waals surface area contributed by atoms with Crippen LogP contribution < -0.4 is 0 Å². The van der Waals surface area contributed by atoms with E-state index in [0.717, 1.165) is 9.79 Å². The van der Waals surface area contributed by atoms with E-state index in [1.54, 1.807) is 24.3 Å². The summed E-state index contributed by atoms with van der Waals surface area (Å²) in [4.78, 5) is 1.75. The molecule has 5 heteroatoms. The molecule has 0 unspecified atom stereocenters. The Kier molecular flexibility index (Phi) is 4.42. The van der Waals surface area contributed by atoms with Crippen LogP contribution in [0.25, 0.3) is 0 Å². The van der Waals surface area contributed by atoms with Crippen LogP contribution in [-0.2, 0) is 0 Å². The highest BCUT2D eigenvalue weighted by atomic mass is 35.5. The third-order valence-corrected chi connectivity index (χ3v) is 4.22. The van der Waals surface area contributed by atoms with Gasteiger partial charge in [-0.05, 0) is 36.4 Å². The van der Waals surface area contributed by atoms with E-state index >= 15 is 0 Å². The van der Waals surface area contributed by atoms with Crippen molar-refractivity contribution in [3.63, 3.8) is 0 Å². The van der Waals surface area contributed by atoms with E-state index in [4.69, 9.17) is 40.1 Å². The smallest absolute Gasteiger partial charge is 0.100 e. The Hall–Kier alpha value is -0.850. The summed E-state index contributed by atoms with van der Waals surface area (Å²) >= 11 is 19.1. The van der Waals surface area contributed by atoms with Crippen molar-refractivity contribution in [2.45, 2.75) is 9.79 Å².